The Balaban J connectivity index is 1.91. The Kier molecular flexibility index (Phi) is 3.52. The third-order valence-corrected chi connectivity index (χ3v) is 4.86. The number of fused-ring (bicyclic) bond motifs is 2. The summed E-state index contributed by atoms with van der Waals surface area (Å²) in [4.78, 5) is 13.0. The lowest BCUT2D eigenvalue weighted by molar-refractivity contribution is 0.105. The molecule has 1 heterocycles. The highest BCUT2D eigenvalue weighted by atomic mass is 32.1. The van der Waals surface area contributed by atoms with Crippen molar-refractivity contribution in [1.29, 1.82) is 0 Å². The van der Waals surface area contributed by atoms with Gasteiger partial charge in [-0.05, 0) is 56.8 Å². The van der Waals surface area contributed by atoms with Gasteiger partial charge in [-0.25, -0.2) is 0 Å². The second kappa shape index (κ2) is 5.82. The van der Waals surface area contributed by atoms with Gasteiger partial charge in [0.1, 0.15) is 0 Å². The SMILES string of the molecule is O=C(/C=C/c1c2ccccc2cc2ccccc12)c1cccs1. The van der Waals surface area contributed by atoms with Crippen LogP contribution >= 0.6 is 11.3 Å². The van der Waals surface area contributed by atoms with Crippen molar-refractivity contribution < 1.29 is 4.79 Å². The Morgan fingerprint density at radius 3 is 2.09 bits per heavy atom. The summed E-state index contributed by atoms with van der Waals surface area (Å²) in [6.45, 7) is 0. The number of rotatable bonds is 3. The van der Waals surface area contributed by atoms with Crippen LogP contribution in [0.5, 0.6) is 0 Å². The molecule has 0 unspecified atom stereocenters. The van der Waals surface area contributed by atoms with Crippen molar-refractivity contribution in [1.82, 2.24) is 0 Å². The van der Waals surface area contributed by atoms with Crippen LogP contribution in [0.25, 0.3) is 27.6 Å². The molecule has 0 saturated heterocycles. The quantitative estimate of drug-likeness (QED) is 0.259. The average Bonchev–Trinajstić information content (AvgIpc) is 3.13. The van der Waals surface area contributed by atoms with Crippen LogP contribution in [0.15, 0.2) is 78.2 Å². The van der Waals surface area contributed by atoms with Gasteiger partial charge in [-0.2, -0.15) is 0 Å². The van der Waals surface area contributed by atoms with E-state index in [0.29, 0.717) is 0 Å². The number of benzene rings is 3. The number of carbonyl (C=O) groups is 1. The molecule has 3 aromatic carbocycles. The largest absolute Gasteiger partial charge is 0.288 e. The van der Waals surface area contributed by atoms with E-state index in [1.807, 2.05) is 47.9 Å². The molecule has 0 radical (unpaired) electrons. The summed E-state index contributed by atoms with van der Waals surface area (Å²) in [7, 11) is 0. The minimum absolute atomic E-state index is 0.0528. The third-order valence-electron chi connectivity index (χ3n) is 3.98. The van der Waals surface area contributed by atoms with Crippen LogP contribution in [0.1, 0.15) is 15.2 Å². The first kappa shape index (κ1) is 13.9. The predicted octanol–water partition coefficient (Wildman–Crippen LogP) is 5.95. The van der Waals surface area contributed by atoms with Crippen molar-refractivity contribution in [2.45, 2.75) is 0 Å². The summed E-state index contributed by atoms with van der Waals surface area (Å²) in [6.07, 6.45) is 3.63. The van der Waals surface area contributed by atoms with Gasteiger partial charge in [0.15, 0.2) is 5.78 Å². The molecule has 1 nitrogen and oxygen atoms in total. The summed E-state index contributed by atoms with van der Waals surface area (Å²) in [5.41, 5.74) is 1.10. The van der Waals surface area contributed by atoms with E-state index in [1.54, 1.807) is 6.08 Å². The van der Waals surface area contributed by atoms with Crippen LogP contribution in [0.4, 0.5) is 0 Å². The average molecular weight is 314 g/mol. The fourth-order valence-electron chi connectivity index (χ4n) is 2.89. The van der Waals surface area contributed by atoms with Gasteiger partial charge in [-0.15, -0.1) is 11.3 Å². The molecule has 0 N–H and O–H groups in total. The Bertz CT molecular complexity index is 972. The van der Waals surface area contributed by atoms with Crippen molar-refractivity contribution in [3.63, 3.8) is 0 Å². The fraction of sp³-hybridized carbons (Fsp3) is 0. The van der Waals surface area contributed by atoms with Gasteiger partial charge >= 0.3 is 0 Å². The molecule has 0 aliphatic rings. The maximum atomic E-state index is 12.3. The van der Waals surface area contributed by atoms with Crippen molar-refractivity contribution in [3.8, 4) is 0 Å². The van der Waals surface area contributed by atoms with Crippen LogP contribution in [0.3, 0.4) is 0 Å². The highest BCUT2D eigenvalue weighted by Gasteiger charge is 2.06. The normalized spacial score (nSPS) is 11.5. The van der Waals surface area contributed by atoms with E-state index in [2.05, 4.69) is 30.3 Å². The first-order chi connectivity index (χ1) is 11.3. The molecule has 0 spiro atoms. The van der Waals surface area contributed by atoms with Gasteiger partial charge in [0.25, 0.3) is 0 Å². The Hall–Kier alpha value is -2.71. The number of allylic oxidation sites excluding steroid dienone is 1. The Morgan fingerprint density at radius 2 is 1.48 bits per heavy atom. The van der Waals surface area contributed by atoms with E-state index in [0.717, 1.165) is 10.4 Å². The van der Waals surface area contributed by atoms with Gasteiger partial charge in [0, 0.05) is 0 Å². The number of thiophene rings is 1. The highest BCUT2D eigenvalue weighted by Crippen LogP contribution is 2.29. The molecule has 4 aromatic rings. The second-order valence-corrected chi connectivity index (χ2v) is 6.36. The monoisotopic (exact) mass is 314 g/mol. The second-order valence-electron chi connectivity index (χ2n) is 5.41. The molecule has 2 heteroatoms. The molecule has 110 valence electrons. The summed E-state index contributed by atoms with van der Waals surface area (Å²) in [6, 6.07) is 22.6. The molecule has 0 amide bonds. The maximum Gasteiger partial charge on any atom is 0.195 e. The van der Waals surface area contributed by atoms with Gasteiger partial charge in [-0.3, -0.25) is 4.79 Å². The van der Waals surface area contributed by atoms with E-state index < -0.39 is 0 Å². The molecular weight excluding hydrogens is 300 g/mol. The molecule has 0 aliphatic carbocycles. The number of carbonyl (C=O) groups excluding carboxylic acids is 1. The number of hydrogen-bond donors (Lipinski definition) is 0. The molecule has 4 rings (SSSR count). The zero-order chi connectivity index (χ0) is 15.6. The zero-order valence-corrected chi connectivity index (χ0v) is 13.2. The topological polar surface area (TPSA) is 17.1 Å². The third kappa shape index (κ3) is 2.58. The lowest BCUT2D eigenvalue weighted by atomic mass is 9.96. The Morgan fingerprint density at radius 1 is 0.826 bits per heavy atom. The van der Waals surface area contributed by atoms with Crippen molar-refractivity contribution in [2.24, 2.45) is 0 Å². The van der Waals surface area contributed by atoms with Crippen molar-refractivity contribution >= 4 is 44.7 Å². The maximum absolute atomic E-state index is 12.3. The zero-order valence-electron chi connectivity index (χ0n) is 12.4. The highest BCUT2D eigenvalue weighted by molar-refractivity contribution is 7.12. The standard InChI is InChI=1S/C21H14OS/c22-20(21-10-5-13-23-21)12-11-19-17-8-3-1-6-15(17)14-16-7-2-4-9-18(16)19/h1-14H/b12-11+. The van der Waals surface area contributed by atoms with Gasteiger partial charge < -0.3 is 0 Å². The summed E-state index contributed by atoms with van der Waals surface area (Å²) in [5, 5.41) is 6.64. The van der Waals surface area contributed by atoms with Crippen LogP contribution in [0, 0.1) is 0 Å². The van der Waals surface area contributed by atoms with Gasteiger partial charge in [-0.1, -0.05) is 54.6 Å². The number of hydrogen-bond acceptors (Lipinski definition) is 2. The fourth-order valence-corrected chi connectivity index (χ4v) is 3.53. The van der Waals surface area contributed by atoms with Crippen LogP contribution in [-0.4, -0.2) is 5.78 Å². The summed E-state index contributed by atoms with van der Waals surface area (Å²) in [5.74, 6) is 0.0528. The van der Waals surface area contributed by atoms with E-state index in [9.17, 15) is 4.79 Å². The lowest BCUT2D eigenvalue weighted by Gasteiger charge is -2.08. The minimum Gasteiger partial charge on any atom is -0.288 e. The number of ketones is 1. The van der Waals surface area contributed by atoms with E-state index >= 15 is 0 Å². The van der Waals surface area contributed by atoms with Crippen molar-refractivity contribution in [3.05, 3.63) is 88.6 Å². The molecular formula is C21H14OS. The Labute approximate surface area is 138 Å². The smallest absolute Gasteiger partial charge is 0.195 e. The van der Waals surface area contributed by atoms with E-state index in [-0.39, 0.29) is 5.78 Å². The van der Waals surface area contributed by atoms with Gasteiger partial charge in [0.2, 0.25) is 0 Å². The van der Waals surface area contributed by atoms with E-state index in [1.165, 1.54) is 32.9 Å². The van der Waals surface area contributed by atoms with Crippen molar-refractivity contribution in [2.75, 3.05) is 0 Å². The predicted molar refractivity (Wildman–Crippen MR) is 99.1 cm³/mol. The van der Waals surface area contributed by atoms with Crippen LogP contribution in [-0.2, 0) is 0 Å². The molecule has 0 aliphatic heterocycles. The first-order valence-corrected chi connectivity index (χ1v) is 8.37. The first-order valence-electron chi connectivity index (χ1n) is 7.49. The van der Waals surface area contributed by atoms with Crippen LogP contribution < -0.4 is 0 Å². The lowest BCUT2D eigenvalue weighted by Crippen LogP contribution is -1.90. The molecule has 23 heavy (non-hydrogen) atoms. The van der Waals surface area contributed by atoms with Crippen LogP contribution in [0.2, 0.25) is 0 Å². The van der Waals surface area contributed by atoms with Gasteiger partial charge in [0.05, 0.1) is 4.88 Å². The minimum atomic E-state index is 0.0528. The molecule has 0 bridgehead atoms. The summed E-state index contributed by atoms with van der Waals surface area (Å²) < 4.78 is 0. The summed E-state index contributed by atoms with van der Waals surface area (Å²) >= 11 is 1.47. The molecule has 0 fully saturated rings. The molecule has 0 saturated carbocycles. The van der Waals surface area contributed by atoms with E-state index in [4.69, 9.17) is 0 Å². The molecule has 0 atom stereocenters. The molecule has 1 aromatic heterocycles.